The Hall–Kier alpha value is -2.85. The monoisotopic (exact) mass is 336 g/mol. The molecule has 0 spiro atoms. The molecule has 0 atom stereocenters. The van der Waals surface area contributed by atoms with Crippen molar-refractivity contribution < 1.29 is 4.52 Å². The normalized spacial score (nSPS) is 11.1. The molecule has 0 saturated heterocycles. The molecule has 0 aliphatic rings. The number of rotatable bonds is 2. The van der Waals surface area contributed by atoms with Gasteiger partial charge in [-0.05, 0) is 42.8 Å². The van der Waals surface area contributed by atoms with E-state index in [1.165, 1.54) is 0 Å². The molecule has 0 bridgehead atoms. The second kappa shape index (κ2) is 5.65. The molecule has 4 aromatic rings. The summed E-state index contributed by atoms with van der Waals surface area (Å²) in [5, 5.41) is 5.12. The minimum Gasteiger partial charge on any atom is -0.360 e. The molecule has 0 aliphatic heterocycles. The van der Waals surface area contributed by atoms with E-state index < -0.39 is 0 Å². The largest absolute Gasteiger partial charge is 0.360 e. The predicted octanol–water partition coefficient (Wildman–Crippen LogP) is 4.61. The molecule has 0 aliphatic carbocycles. The first kappa shape index (κ1) is 14.7. The zero-order chi connectivity index (χ0) is 16.7. The zero-order valence-corrected chi connectivity index (χ0v) is 13.6. The van der Waals surface area contributed by atoms with Crippen LogP contribution in [0.5, 0.6) is 0 Å². The van der Waals surface area contributed by atoms with Gasteiger partial charge in [0.05, 0.1) is 5.69 Å². The second-order valence-electron chi connectivity index (χ2n) is 5.51. The lowest BCUT2D eigenvalue weighted by Gasteiger charge is -2.13. The molecule has 4 nitrogen and oxygen atoms in total. The van der Waals surface area contributed by atoms with E-state index in [1.807, 2.05) is 48.5 Å². The van der Waals surface area contributed by atoms with Crippen LogP contribution in [0.2, 0.25) is 5.02 Å². The molecular weight excluding hydrogens is 324 g/mol. The van der Waals surface area contributed by atoms with E-state index in [0.717, 1.165) is 16.9 Å². The van der Waals surface area contributed by atoms with Crippen molar-refractivity contribution in [3.8, 4) is 16.9 Å². The first-order chi connectivity index (χ1) is 11.6. The summed E-state index contributed by atoms with van der Waals surface area (Å²) in [6.07, 6.45) is 0. The number of hydrogen-bond donors (Lipinski definition) is 0. The number of benzene rings is 2. The zero-order valence-electron chi connectivity index (χ0n) is 12.9. The second-order valence-corrected chi connectivity index (χ2v) is 5.95. The lowest BCUT2D eigenvalue weighted by Crippen LogP contribution is -2.20. The van der Waals surface area contributed by atoms with Crippen molar-refractivity contribution in [1.82, 2.24) is 9.72 Å². The molecule has 2 aromatic heterocycles. The third kappa shape index (κ3) is 2.32. The molecule has 0 fully saturated rings. The van der Waals surface area contributed by atoms with Gasteiger partial charge >= 0.3 is 0 Å². The Morgan fingerprint density at radius 2 is 1.75 bits per heavy atom. The van der Waals surface area contributed by atoms with E-state index in [-0.39, 0.29) is 5.56 Å². The SMILES string of the molecule is Cc1onc2cc(-c3ccccc3)n(-c3ccc(Cl)cc3)c(=O)c12. The number of aromatic nitrogens is 2. The Morgan fingerprint density at radius 3 is 2.46 bits per heavy atom. The van der Waals surface area contributed by atoms with Crippen molar-refractivity contribution in [2.75, 3.05) is 0 Å². The summed E-state index contributed by atoms with van der Waals surface area (Å²) in [6, 6.07) is 18.8. The molecule has 5 heteroatoms. The summed E-state index contributed by atoms with van der Waals surface area (Å²) in [6.45, 7) is 1.74. The van der Waals surface area contributed by atoms with Crippen LogP contribution < -0.4 is 5.56 Å². The number of aryl methyl sites for hydroxylation is 1. The highest BCUT2D eigenvalue weighted by Crippen LogP contribution is 2.26. The lowest BCUT2D eigenvalue weighted by atomic mass is 10.1. The summed E-state index contributed by atoms with van der Waals surface area (Å²) in [4.78, 5) is 13.1. The maximum atomic E-state index is 13.1. The minimum atomic E-state index is -0.160. The fourth-order valence-electron chi connectivity index (χ4n) is 2.83. The number of hydrogen-bond acceptors (Lipinski definition) is 3. The van der Waals surface area contributed by atoms with Crippen molar-refractivity contribution in [3.05, 3.63) is 81.8 Å². The van der Waals surface area contributed by atoms with Gasteiger partial charge in [0.25, 0.3) is 5.56 Å². The Bertz CT molecular complexity index is 1080. The van der Waals surface area contributed by atoms with Crippen molar-refractivity contribution >= 4 is 22.5 Å². The number of halogens is 1. The maximum Gasteiger partial charge on any atom is 0.268 e. The fourth-order valence-corrected chi connectivity index (χ4v) is 2.96. The lowest BCUT2D eigenvalue weighted by molar-refractivity contribution is 0.405. The Balaban J connectivity index is 2.12. The van der Waals surface area contributed by atoms with Gasteiger partial charge in [-0.25, -0.2) is 0 Å². The first-order valence-electron chi connectivity index (χ1n) is 7.48. The van der Waals surface area contributed by atoms with Crippen LogP contribution in [0, 0.1) is 6.92 Å². The quantitative estimate of drug-likeness (QED) is 0.537. The van der Waals surface area contributed by atoms with Crippen LogP contribution in [-0.2, 0) is 0 Å². The van der Waals surface area contributed by atoms with Crippen molar-refractivity contribution in [3.63, 3.8) is 0 Å². The summed E-state index contributed by atoms with van der Waals surface area (Å²) in [7, 11) is 0. The van der Waals surface area contributed by atoms with Crippen LogP contribution in [-0.4, -0.2) is 9.72 Å². The highest BCUT2D eigenvalue weighted by molar-refractivity contribution is 6.30. The van der Waals surface area contributed by atoms with Gasteiger partial charge in [0, 0.05) is 10.7 Å². The van der Waals surface area contributed by atoms with Gasteiger partial charge in [0.1, 0.15) is 16.7 Å². The molecule has 0 unspecified atom stereocenters. The molecule has 24 heavy (non-hydrogen) atoms. The molecule has 2 heterocycles. The van der Waals surface area contributed by atoms with E-state index in [0.29, 0.717) is 21.7 Å². The van der Waals surface area contributed by atoms with Crippen LogP contribution >= 0.6 is 11.6 Å². The molecule has 4 rings (SSSR count). The van der Waals surface area contributed by atoms with Gasteiger partial charge in [-0.3, -0.25) is 9.36 Å². The summed E-state index contributed by atoms with van der Waals surface area (Å²) in [5.74, 6) is 0.511. The van der Waals surface area contributed by atoms with Gasteiger partial charge in [-0.1, -0.05) is 47.1 Å². The van der Waals surface area contributed by atoms with E-state index >= 15 is 0 Å². The predicted molar refractivity (Wildman–Crippen MR) is 94.8 cm³/mol. The van der Waals surface area contributed by atoms with Crippen LogP contribution in [0.15, 0.2) is 70.0 Å². The molecule has 0 N–H and O–H groups in total. The van der Waals surface area contributed by atoms with Crippen molar-refractivity contribution in [2.24, 2.45) is 0 Å². The molecule has 0 saturated carbocycles. The number of fused-ring (bicyclic) bond motifs is 1. The van der Waals surface area contributed by atoms with E-state index in [4.69, 9.17) is 16.1 Å². The average Bonchev–Trinajstić information content (AvgIpc) is 2.98. The van der Waals surface area contributed by atoms with Gasteiger partial charge < -0.3 is 4.52 Å². The van der Waals surface area contributed by atoms with E-state index in [1.54, 1.807) is 23.6 Å². The minimum absolute atomic E-state index is 0.160. The third-order valence-corrected chi connectivity index (χ3v) is 4.23. The van der Waals surface area contributed by atoms with Crippen molar-refractivity contribution in [1.29, 1.82) is 0 Å². The topological polar surface area (TPSA) is 48.0 Å². The summed E-state index contributed by atoms with van der Waals surface area (Å²) < 4.78 is 6.88. The Kier molecular flexibility index (Phi) is 3.47. The van der Waals surface area contributed by atoms with Gasteiger partial charge in [-0.2, -0.15) is 0 Å². The molecule has 118 valence electrons. The first-order valence-corrected chi connectivity index (χ1v) is 7.86. The maximum absolute atomic E-state index is 13.1. The molecule has 0 amide bonds. The summed E-state index contributed by atoms with van der Waals surface area (Å²) in [5.41, 5.74) is 2.82. The van der Waals surface area contributed by atoms with Crippen LogP contribution in [0.1, 0.15) is 5.76 Å². The Morgan fingerprint density at radius 1 is 1.04 bits per heavy atom. The van der Waals surface area contributed by atoms with E-state index in [2.05, 4.69) is 5.16 Å². The highest BCUT2D eigenvalue weighted by Gasteiger charge is 2.17. The Labute approximate surface area is 142 Å². The third-order valence-electron chi connectivity index (χ3n) is 3.97. The van der Waals surface area contributed by atoms with Crippen LogP contribution in [0.3, 0.4) is 0 Å². The van der Waals surface area contributed by atoms with Gasteiger partial charge in [0.15, 0.2) is 0 Å². The average molecular weight is 337 g/mol. The number of pyridine rings is 1. The van der Waals surface area contributed by atoms with Gasteiger partial charge in [0.2, 0.25) is 0 Å². The highest BCUT2D eigenvalue weighted by atomic mass is 35.5. The molecular formula is C19H13ClN2O2. The summed E-state index contributed by atoms with van der Waals surface area (Å²) >= 11 is 5.99. The standard InChI is InChI=1S/C19H13ClN2O2/c1-12-18-16(21-24-12)11-17(13-5-3-2-4-6-13)22(19(18)23)15-9-7-14(20)8-10-15/h2-11H,1H3. The number of nitrogens with zero attached hydrogens (tertiary/aromatic N) is 2. The van der Waals surface area contributed by atoms with Crippen molar-refractivity contribution in [2.45, 2.75) is 6.92 Å². The van der Waals surface area contributed by atoms with Gasteiger partial charge in [-0.15, -0.1) is 0 Å². The van der Waals surface area contributed by atoms with E-state index in [9.17, 15) is 4.79 Å². The fraction of sp³-hybridized carbons (Fsp3) is 0.0526. The smallest absolute Gasteiger partial charge is 0.268 e. The molecule has 2 aromatic carbocycles. The van der Waals surface area contributed by atoms with Crippen LogP contribution in [0.25, 0.3) is 27.8 Å². The van der Waals surface area contributed by atoms with Crippen LogP contribution in [0.4, 0.5) is 0 Å². The molecule has 0 radical (unpaired) electrons.